The lowest BCUT2D eigenvalue weighted by molar-refractivity contribution is -0.145. The second-order valence-electron chi connectivity index (χ2n) is 4.16. The van der Waals surface area contributed by atoms with Crippen molar-refractivity contribution in [2.75, 3.05) is 20.3 Å². The summed E-state index contributed by atoms with van der Waals surface area (Å²) in [5.74, 6) is -0.514. The number of ether oxygens (including phenoxy) is 2. The highest BCUT2D eigenvalue weighted by Crippen LogP contribution is 2.18. The smallest absolute Gasteiger partial charge is 0.323 e. The number of aryl methyl sites for hydroxylation is 1. The lowest BCUT2D eigenvalue weighted by Crippen LogP contribution is -2.36. The number of carbonyl (C=O) groups is 1. The Kier molecular flexibility index (Phi) is 6.29. The van der Waals surface area contributed by atoms with Gasteiger partial charge in [0.15, 0.2) is 11.6 Å². The predicted octanol–water partition coefficient (Wildman–Crippen LogP) is 2.05. The van der Waals surface area contributed by atoms with Crippen LogP contribution < -0.4 is 10.1 Å². The van der Waals surface area contributed by atoms with Gasteiger partial charge in [-0.15, -0.1) is 0 Å². The number of hydrogen-bond acceptors (Lipinski definition) is 4. The SMILES string of the molecule is CCOC(=O)C(CCOc1cc(C)ccc1F)NC. The molecule has 0 radical (unpaired) electrons. The molecule has 19 heavy (non-hydrogen) atoms. The van der Waals surface area contributed by atoms with Crippen LogP contribution in [0.15, 0.2) is 18.2 Å². The number of benzene rings is 1. The van der Waals surface area contributed by atoms with E-state index in [-0.39, 0.29) is 18.3 Å². The van der Waals surface area contributed by atoms with E-state index in [2.05, 4.69) is 5.32 Å². The molecule has 0 aromatic heterocycles. The Labute approximate surface area is 112 Å². The van der Waals surface area contributed by atoms with E-state index in [9.17, 15) is 9.18 Å². The molecule has 0 amide bonds. The maximum atomic E-state index is 13.4. The van der Waals surface area contributed by atoms with Crippen molar-refractivity contribution in [1.29, 1.82) is 0 Å². The van der Waals surface area contributed by atoms with Crippen molar-refractivity contribution >= 4 is 5.97 Å². The topological polar surface area (TPSA) is 47.6 Å². The van der Waals surface area contributed by atoms with Crippen LogP contribution in [0.2, 0.25) is 0 Å². The summed E-state index contributed by atoms with van der Waals surface area (Å²) in [5, 5.41) is 2.85. The number of rotatable bonds is 7. The fourth-order valence-corrected chi connectivity index (χ4v) is 1.63. The number of nitrogens with one attached hydrogen (secondary N) is 1. The molecule has 0 bridgehead atoms. The van der Waals surface area contributed by atoms with Gasteiger partial charge in [-0.2, -0.15) is 0 Å². The minimum Gasteiger partial charge on any atom is -0.490 e. The van der Waals surface area contributed by atoms with Crippen molar-refractivity contribution in [3.63, 3.8) is 0 Å². The molecule has 0 spiro atoms. The largest absolute Gasteiger partial charge is 0.490 e. The van der Waals surface area contributed by atoms with Gasteiger partial charge in [0.25, 0.3) is 0 Å². The second-order valence-corrected chi connectivity index (χ2v) is 4.16. The van der Waals surface area contributed by atoms with Crippen LogP contribution in [0.4, 0.5) is 4.39 Å². The average molecular weight is 269 g/mol. The molecule has 1 rings (SSSR count). The molecular formula is C14H20FNO3. The zero-order valence-corrected chi connectivity index (χ0v) is 11.5. The Hall–Kier alpha value is -1.62. The monoisotopic (exact) mass is 269 g/mol. The molecule has 0 fully saturated rings. The third-order valence-electron chi connectivity index (χ3n) is 2.67. The van der Waals surface area contributed by atoms with Crippen molar-refractivity contribution < 1.29 is 18.7 Å². The molecule has 0 aliphatic rings. The highest BCUT2D eigenvalue weighted by atomic mass is 19.1. The van der Waals surface area contributed by atoms with Crippen LogP contribution in [0.3, 0.4) is 0 Å². The van der Waals surface area contributed by atoms with Gasteiger partial charge in [0.05, 0.1) is 13.2 Å². The third kappa shape index (κ3) is 4.87. The summed E-state index contributed by atoms with van der Waals surface area (Å²) in [7, 11) is 1.68. The maximum absolute atomic E-state index is 13.4. The van der Waals surface area contributed by atoms with Gasteiger partial charge in [0.1, 0.15) is 6.04 Å². The van der Waals surface area contributed by atoms with Gasteiger partial charge in [-0.25, -0.2) is 4.39 Å². The van der Waals surface area contributed by atoms with Crippen LogP contribution in [0.1, 0.15) is 18.9 Å². The van der Waals surface area contributed by atoms with Crippen molar-refractivity contribution in [2.24, 2.45) is 0 Å². The van der Waals surface area contributed by atoms with Crippen molar-refractivity contribution in [3.05, 3.63) is 29.6 Å². The van der Waals surface area contributed by atoms with Gasteiger partial charge < -0.3 is 14.8 Å². The van der Waals surface area contributed by atoms with Gasteiger partial charge in [-0.3, -0.25) is 4.79 Å². The van der Waals surface area contributed by atoms with E-state index in [1.165, 1.54) is 6.07 Å². The lowest BCUT2D eigenvalue weighted by Gasteiger charge is -2.15. The normalized spacial score (nSPS) is 12.0. The molecule has 0 saturated carbocycles. The standard InChI is InChI=1S/C14H20FNO3/c1-4-18-14(17)12(16-3)7-8-19-13-9-10(2)5-6-11(13)15/h5-6,9,12,16H,4,7-8H2,1-3H3. The summed E-state index contributed by atoms with van der Waals surface area (Å²) < 4.78 is 23.7. The number of likely N-dealkylation sites (N-methyl/N-ethyl adjacent to an activating group) is 1. The van der Waals surface area contributed by atoms with Crippen LogP contribution in [0, 0.1) is 12.7 Å². The minimum absolute atomic E-state index is 0.207. The number of esters is 1. The summed E-state index contributed by atoms with van der Waals surface area (Å²) in [6.07, 6.45) is 0.419. The number of carbonyl (C=O) groups excluding carboxylic acids is 1. The highest BCUT2D eigenvalue weighted by Gasteiger charge is 2.17. The molecule has 0 aliphatic heterocycles. The zero-order valence-electron chi connectivity index (χ0n) is 11.5. The minimum atomic E-state index is -0.437. The number of hydrogen-bond donors (Lipinski definition) is 1. The summed E-state index contributed by atoms with van der Waals surface area (Å²) in [4.78, 5) is 11.5. The van der Waals surface area contributed by atoms with Crippen LogP contribution in [-0.2, 0) is 9.53 Å². The van der Waals surface area contributed by atoms with Crippen molar-refractivity contribution in [1.82, 2.24) is 5.32 Å². The summed E-state index contributed by atoms with van der Waals surface area (Å²) in [5.41, 5.74) is 0.923. The molecule has 1 aromatic carbocycles. The predicted molar refractivity (Wildman–Crippen MR) is 70.7 cm³/mol. The van der Waals surface area contributed by atoms with Crippen LogP contribution in [0.5, 0.6) is 5.75 Å². The lowest BCUT2D eigenvalue weighted by atomic mass is 10.2. The zero-order chi connectivity index (χ0) is 14.3. The molecule has 1 N–H and O–H groups in total. The van der Waals surface area contributed by atoms with Gasteiger partial charge in [0, 0.05) is 6.42 Å². The quantitative estimate of drug-likeness (QED) is 0.770. The first-order chi connectivity index (χ1) is 9.08. The van der Waals surface area contributed by atoms with Crippen LogP contribution >= 0.6 is 0 Å². The fraction of sp³-hybridized carbons (Fsp3) is 0.500. The van der Waals surface area contributed by atoms with Gasteiger partial charge in [0.2, 0.25) is 0 Å². The van der Waals surface area contributed by atoms with Crippen molar-refractivity contribution in [2.45, 2.75) is 26.3 Å². The first-order valence-electron chi connectivity index (χ1n) is 6.31. The first-order valence-corrected chi connectivity index (χ1v) is 6.31. The van der Waals surface area contributed by atoms with E-state index in [0.717, 1.165) is 5.56 Å². The summed E-state index contributed by atoms with van der Waals surface area (Å²) >= 11 is 0. The summed E-state index contributed by atoms with van der Waals surface area (Å²) in [6.45, 7) is 4.19. The van der Waals surface area contributed by atoms with E-state index < -0.39 is 11.9 Å². The molecule has 1 atom stereocenters. The molecule has 0 heterocycles. The van der Waals surface area contributed by atoms with E-state index in [0.29, 0.717) is 13.0 Å². The van der Waals surface area contributed by atoms with Crippen LogP contribution in [-0.4, -0.2) is 32.3 Å². The Morgan fingerprint density at radius 2 is 2.21 bits per heavy atom. The molecular weight excluding hydrogens is 249 g/mol. The van der Waals surface area contributed by atoms with Gasteiger partial charge in [-0.1, -0.05) is 6.07 Å². The first kappa shape index (κ1) is 15.4. The average Bonchev–Trinajstić information content (AvgIpc) is 2.38. The second kappa shape index (κ2) is 7.74. The third-order valence-corrected chi connectivity index (χ3v) is 2.67. The highest BCUT2D eigenvalue weighted by molar-refractivity contribution is 5.75. The van der Waals surface area contributed by atoms with E-state index in [1.54, 1.807) is 26.1 Å². The van der Waals surface area contributed by atoms with Gasteiger partial charge in [-0.05, 0) is 38.6 Å². The van der Waals surface area contributed by atoms with E-state index >= 15 is 0 Å². The molecule has 1 unspecified atom stereocenters. The molecule has 0 saturated heterocycles. The molecule has 0 aliphatic carbocycles. The molecule has 1 aromatic rings. The van der Waals surface area contributed by atoms with Crippen molar-refractivity contribution in [3.8, 4) is 5.75 Å². The fourth-order valence-electron chi connectivity index (χ4n) is 1.63. The van der Waals surface area contributed by atoms with Gasteiger partial charge >= 0.3 is 5.97 Å². The molecule has 106 valence electrons. The Balaban J connectivity index is 2.48. The van der Waals surface area contributed by atoms with E-state index in [4.69, 9.17) is 9.47 Å². The number of halogens is 1. The Bertz CT molecular complexity index is 423. The summed E-state index contributed by atoms with van der Waals surface area (Å²) in [6, 6.07) is 4.24. The molecule has 5 heteroatoms. The van der Waals surface area contributed by atoms with E-state index in [1.807, 2.05) is 6.92 Å². The Morgan fingerprint density at radius 1 is 1.47 bits per heavy atom. The van der Waals surface area contributed by atoms with Crippen LogP contribution in [0.25, 0.3) is 0 Å². The maximum Gasteiger partial charge on any atom is 0.323 e. The molecule has 4 nitrogen and oxygen atoms in total. The Morgan fingerprint density at radius 3 is 2.84 bits per heavy atom.